The monoisotopic (exact) mass is 1590 g/mol. The van der Waals surface area contributed by atoms with Gasteiger partial charge >= 0.3 is 28.7 Å². The number of halogens is 5. The first kappa shape index (κ1) is 80.8. The molecule has 19 nitrogen and oxygen atoms in total. The van der Waals surface area contributed by atoms with Gasteiger partial charge in [0.15, 0.2) is 0 Å². The Morgan fingerprint density at radius 1 is 0.559 bits per heavy atom. The van der Waals surface area contributed by atoms with Gasteiger partial charge < -0.3 is 48.2 Å². The molecule has 10 fully saturated rings. The van der Waals surface area contributed by atoms with Crippen LogP contribution in [-0.2, 0) is 18.9 Å². The quantitative estimate of drug-likeness (QED) is 0.0736. The van der Waals surface area contributed by atoms with Crippen molar-refractivity contribution in [1.82, 2.24) is 69.8 Å². The van der Waals surface area contributed by atoms with E-state index in [1.165, 1.54) is 107 Å². The predicted molar refractivity (Wildman–Crippen MR) is 411 cm³/mol. The van der Waals surface area contributed by atoms with E-state index in [0.717, 1.165) is 181 Å². The number of piperidine rings is 3. The first-order chi connectivity index (χ1) is 48.8. The zero-order valence-electron chi connectivity index (χ0n) is 60.7. The molecule has 7 aliphatic heterocycles. The van der Waals surface area contributed by atoms with Crippen molar-refractivity contribution in [3.63, 3.8) is 0 Å². The van der Waals surface area contributed by atoms with Crippen molar-refractivity contribution in [3.8, 4) is 5.69 Å². The zero-order chi connectivity index (χ0) is 69.8. The van der Waals surface area contributed by atoms with Gasteiger partial charge in [0, 0.05) is 69.8 Å². The maximum atomic E-state index is 7.44. The fourth-order valence-corrected chi connectivity index (χ4v) is 17.3. The van der Waals surface area contributed by atoms with E-state index in [0.29, 0.717) is 48.6 Å². The Hall–Kier alpha value is -3.74. The van der Waals surface area contributed by atoms with Gasteiger partial charge in [0.25, 0.3) is 0 Å². The molecule has 3 aromatic carbocycles. The second-order valence-corrected chi connectivity index (χ2v) is 31.2. The van der Waals surface area contributed by atoms with Crippen LogP contribution >= 0.6 is 50.7 Å². The molecule has 3 aliphatic carbocycles. The third-order valence-electron chi connectivity index (χ3n) is 23.1. The summed E-state index contributed by atoms with van der Waals surface area (Å²) in [6, 6.07) is 14.8. The molecule has 12 heterocycles. The van der Waals surface area contributed by atoms with E-state index in [4.69, 9.17) is 60.3 Å². The van der Waals surface area contributed by atoms with Crippen molar-refractivity contribution < 1.29 is 35.9 Å². The fourth-order valence-electron chi connectivity index (χ4n) is 16.0. The maximum absolute atomic E-state index is 7.44. The molecule has 18 rings (SSSR count). The summed E-state index contributed by atoms with van der Waals surface area (Å²) in [6.07, 6.45) is 37.1. The minimum absolute atomic E-state index is 0. The largest absolute Gasteiger partial charge is 2.00 e. The average Bonchev–Trinajstić information content (AvgIpc) is 1.11. The van der Waals surface area contributed by atoms with E-state index in [9.17, 15) is 0 Å². The number of hydrogen-bond donors (Lipinski definition) is 3. The summed E-state index contributed by atoms with van der Waals surface area (Å²) in [6.45, 7) is 32.3. The zero-order valence-corrected chi connectivity index (χ0v) is 67.5. The summed E-state index contributed by atoms with van der Waals surface area (Å²) in [5, 5.41) is 36.7. The molecular weight excluding hydrogens is 1490 g/mol. The number of rotatable bonds is 13. The molecule has 25 heteroatoms. The van der Waals surface area contributed by atoms with Gasteiger partial charge in [-0.1, -0.05) is 74.8 Å². The molecule has 8 aromatic rings. The number of likely N-dealkylation sites (tertiary alicyclic amines) is 3. The predicted octanol–water partition coefficient (Wildman–Crippen LogP) is 13.6. The summed E-state index contributed by atoms with van der Waals surface area (Å²) in [5.74, 6) is 2.44. The molecule has 0 spiro atoms. The molecule has 0 amide bonds. The van der Waals surface area contributed by atoms with E-state index >= 15 is 0 Å². The summed E-state index contributed by atoms with van der Waals surface area (Å²) < 4.78 is 28.4. The van der Waals surface area contributed by atoms with Gasteiger partial charge in [-0.05, 0) is 229 Å². The minimum Gasteiger partial charge on any atom is -1.00 e. The molecular formula is C77H106Br2Cl3MgN15O4. The van der Waals surface area contributed by atoms with Gasteiger partial charge in [0.1, 0.15) is 18.9 Å². The van der Waals surface area contributed by atoms with Crippen LogP contribution in [0.5, 0.6) is 0 Å². The number of hydrogen-bond acceptors (Lipinski definition) is 13. The molecule has 3 saturated carbocycles. The Kier molecular flexibility index (Phi) is 30.0. The number of benzene rings is 3. The summed E-state index contributed by atoms with van der Waals surface area (Å²) >= 11 is 23.1. The molecule has 0 unspecified atom stereocenters. The van der Waals surface area contributed by atoms with Gasteiger partial charge in [-0.15, -0.1) is 0 Å². The van der Waals surface area contributed by atoms with Gasteiger partial charge in [-0.2, -0.15) is 32.4 Å². The van der Waals surface area contributed by atoms with Crippen molar-refractivity contribution >= 4 is 106 Å². The van der Waals surface area contributed by atoms with E-state index < -0.39 is 5.66 Å². The third kappa shape index (κ3) is 19.0. The first-order valence-corrected chi connectivity index (χ1v) is 39.3. The normalized spacial score (nSPS) is 22.6. The van der Waals surface area contributed by atoms with E-state index in [1.807, 2.05) is 52.5 Å². The molecule has 7 saturated heterocycles. The number of H-pyrrole nitrogens is 2. The van der Waals surface area contributed by atoms with Gasteiger partial charge in [0.05, 0.1) is 108 Å². The summed E-state index contributed by atoms with van der Waals surface area (Å²) in [7, 11) is 2.10. The number of aromatic nitrogens is 10. The third-order valence-corrected chi connectivity index (χ3v) is 24.5. The number of fused-ring (bicyclic) bond motifs is 3. The van der Waals surface area contributed by atoms with Crippen molar-refractivity contribution in [2.24, 2.45) is 5.92 Å². The summed E-state index contributed by atoms with van der Waals surface area (Å²) in [5.41, 5.74) is 8.16. The van der Waals surface area contributed by atoms with Crippen LogP contribution < -0.4 is 22.3 Å². The summed E-state index contributed by atoms with van der Waals surface area (Å²) in [4.78, 5) is 11.4. The second kappa shape index (κ2) is 37.9. The Balaban J connectivity index is 0.000000140. The van der Waals surface area contributed by atoms with Crippen molar-refractivity contribution in [2.75, 3.05) is 99.2 Å². The van der Waals surface area contributed by atoms with Crippen LogP contribution in [0.1, 0.15) is 196 Å². The number of aromatic amines is 2. The number of nitrogens with zero attached hydrogens (tertiary/aromatic N) is 12. The van der Waals surface area contributed by atoms with Gasteiger partial charge in [0.2, 0.25) is 0 Å². The standard InChI is InChI=1S/C23H28ClN5O.C17H22ClN3O.C16H17ClN4O.C9H19N.C6H7BrN2.C4H8O.C2H5.BrH.Mg/c1-2-23(14-30-15-23)27-7-5-16(6-8-27)20-10-22-17(9-21(20)24)11-26-29(22)19-12-25-28(13-19)18-3-4-18;1-2-17(10-22-11-17)21-5-3-12(4-6-21)14-8-16-13(7-15(14)18)9-19-20-16;1-18-16(9-22-10-16)21-4-2-11(3-5-21)13-7-15-12(6-14(13)17)8-19-20-15;1-3-8-6-4-5-7-9(8)10-2;7-5-3-8-9(4-5)6-1-2-6;1-2-4-5-3-1;1-2;;/h9-13,16,18H,2-8,14-15H2,1H3;7-9,12H,2-6,10-11H2,1H3,(H,19,20);6-8,11H,2-5,9-10H2,(H,19,20);8-10H,3-7H2,1-2H3;3-4,6H,1-2H2;1-4H2;1H2,2H3;1H;/q;;;;;;-1;;+2/p-1/t;;;8-,9-;;;;;/m...1...../s1. The SMILES string of the molecule is Brc1cnn(C2CC2)c1.C1CCOC1.CCC1(N2CCC(c3cc4[nH]ncc4cc3Cl)CC2)COC1.CCC1(N2CCC(c3cc4c(cnn4-c4cnn(C5CC5)c4)cc3Cl)CC2)COC1.CC[C@@H]1CCCC[C@H]1NC.[Br-].[C-]#[N+]C1(N2CCC(c3cc4[nH]ncc4cc3Cl)CC2)COC1.[CH2-]C.[Mg+2]. The minimum atomic E-state index is -0.401. The van der Waals surface area contributed by atoms with Crippen molar-refractivity contribution in [2.45, 2.75) is 202 Å². The van der Waals surface area contributed by atoms with E-state index in [-0.39, 0.29) is 45.6 Å². The van der Waals surface area contributed by atoms with E-state index in [1.54, 1.807) is 13.1 Å². The van der Waals surface area contributed by atoms with Crippen LogP contribution in [-0.4, -0.2) is 209 Å². The Morgan fingerprint density at radius 2 is 1.02 bits per heavy atom. The van der Waals surface area contributed by atoms with Crippen LogP contribution in [0.3, 0.4) is 0 Å². The van der Waals surface area contributed by atoms with Gasteiger partial charge in [-0.25, -0.2) is 16.2 Å². The smallest absolute Gasteiger partial charge is 1.00 e. The second-order valence-electron chi connectivity index (χ2n) is 29.1. The molecule has 3 N–H and O–H groups in total. The number of nitrogens with one attached hydrogen (secondary N) is 3. The van der Waals surface area contributed by atoms with Crippen LogP contribution in [0.25, 0.3) is 43.2 Å². The van der Waals surface area contributed by atoms with Crippen LogP contribution in [0.15, 0.2) is 84.2 Å². The van der Waals surface area contributed by atoms with E-state index in [2.05, 4.69) is 146 Å². The van der Waals surface area contributed by atoms with Crippen LogP contribution in [0.2, 0.25) is 15.1 Å². The molecule has 5 aromatic heterocycles. The molecule has 0 bridgehead atoms. The fraction of sp³-hybridized carbons (Fsp3) is 0.623. The van der Waals surface area contributed by atoms with Gasteiger partial charge in [-0.3, -0.25) is 34.2 Å². The van der Waals surface area contributed by atoms with Crippen LogP contribution in [0, 0.1) is 19.4 Å². The molecule has 0 radical (unpaired) electrons. The van der Waals surface area contributed by atoms with Crippen molar-refractivity contribution in [1.29, 1.82) is 0 Å². The van der Waals surface area contributed by atoms with Crippen molar-refractivity contribution in [3.05, 3.63) is 134 Å². The van der Waals surface area contributed by atoms with Crippen LogP contribution in [0.4, 0.5) is 0 Å². The Morgan fingerprint density at radius 3 is 1.41 bits per heavy atom. The molecule has 10 aliphatic rings. The molecule has 102 heavy (non-hydrogen) atoms. The first-order valence-electron chi connectivity index (χ1n) is 37.3. The molecule has 550 valence electrons. The number of ether oxygens (including phenoxy) is 4. The molecule has 2 atom stereocenters. The topological polar surface area (TPSA) is 174 Å². The Bertz CT molecular complexity index is 3890. The maximum Gasteiger partial charge on any atom is 2.00 e. The Labute approximate surface area is 654 Å². The average molecular weight is 1600 g/mol.